The highest BCUT2D eigenvalue weighted by molar-refractivity contribution is 6.35. The zero-order valence-corrected chi connectivity index (χ0v) is 6.26. The number of terminal acetylenes is 1. The second-order valence-electron chi connectivity index (χ2n) is 1.73. The molecule has 0 aromatic heterocycles. The van der Waals surface area contributed by atoms with Crippen molar-refractivity contribution >= 4 is 11.8 Å². The van der Waals surface area contributed by atoms with Gasteiger partial charge in [-0.05, 0) is 0 Å². The van der Waals surface area contributed by atoms with Crippen molar-refractivity contribution in [3.63, 3.8) is 0 Å². The normalized spacial score (nSPS) is 7.50. The van der Waals surface area contributed by atoms with Crippen molar-refractivity contribution in [1.82, 2.24) is 10.6 Å². The van der Waals surface area contributed by atoms with Crippen molar-refractivity contribution in [2.24, 2.45) is 0 Å². The Bertz CT molecular complexity index is 231. The van der Waals surface area contributed by atoms with Gasteiger partial charge in [0.25, 0.3) is 0 Å². The van der Waals surface area contributed by atoms with Crippen LogP contribution in [0.25, 0.3) is 0 Å². The van der Waals surface area contributed by atoms with E-state index in [0.29, 0.717) is 0 Å². The summed E-state index contributed by atoms with van der Waals surface area (Å²) in [7, 11) is 0. The highest BCUT2D eigenvalue weighted by Gasteiger charge is 2.10. The van der Waals surface area contributed by atoms with Gasteiger partial charge in [0, 0.05) is 0 Å². The van der Waals surface area contributed by atoms with Crippen LogP contribution in [0.5, 0.6) is 0 Å². The molecule has 5 nitrogen and oxygen atoms in total. The Morgan fingerprint density at radius 2 is 1.75 bits per heavy atom. The summed E-state index contributed by atoms with van der Waals surface area (Å²) >= 11 is 0. The average molecular weight is 165 g/mol. The predicted molar refractivity (Wildman–Crippen MR) is 40.5 cm³/mol. The van der Waals surface area contributed by atoms with E-state index in [-0.39, 0.29) is 13.1 Å². The molecular formula is C7H7N3O2. The van der Waals surface area contributed by atoms with Gasteiger partial charge in [0.2, 0.25) is 0 Å². The van der Waals surface area contributed by atoms with Crippen LogP contribution in [0.15, 0.2) is 0 Å². The molecule has 0 unspecified atom stereocenters. The minimum Gasteiger partial charge on any atom is -0.337 e. The second-order valence-corrected chi connectivity index (χ2v) is 1.73. The van der Waals surface area contributed by atoms with Crippen molar-refractivity contribution < 1.29 is 9.59 Å². The SMILES string of the molecule is C#CCNC(=O)C(=O)NCC#N. The maximum Gasteiger partial charge on any atom is 0.310 e. The molecule has 0 rings (SSSR count). The topological polar surface area (TPSA) is 82.0 Å². The van der Waals surface area contributed by atoms with Crippen LogP contribution < -0.4 is 10.6 Å². The van der Waals surface area contributed by atoms with E-state index in [9.17, 15) is 9.59 Å². The van der Waals surface area contributed by atoms with E-state index >= 15 is 0 Å². The number of carbonyl (C=O) groups is 2. The summed E-state index contributed by atoms with van der Waals surface area (Å²) in [5.74, 6) is 0.447. The zero-order chi connectivity index (χ0) is 9.40. The molecule has 0 aromatic carbocycles. The van der Waals surface area contributed by atoms with Crippen LogP contribution in [0.2, 0.25) is 0 Å². The van der Waals surface area contributed by atoms with Crippen molar-refractivity contribution in [2.75, 3.05) is 13.1 Å². The summed E-state index contributed by atoms with van der Waals surface area (Å²) in [6, 6.07) is 1.66. The molecule has 2 amide bonds. The summed E-state index contributed by atoms with van der Waals surface area (Å²) in [6.07, 6.45) is 4.83. The van der Waals surface area contributed by atoms with Crippen LogP contribution in [-0.4, -0.2) is 24.9 Å². The van der Waals surface area contributed by atoms with Crippen LogP contribution >= 0.6 is 0 Å². The molecule has 0 heterocycles. The molecule has 12 heavy (non-hydrogen) atoms. The molecule has 0 fully saturated rings. The van der Waals surface area contributed by atoms with Crippen LogP contribution in [0.1, 0.15) is 0 Å². The molecule has 5 heteroatoms. The minimum atomic E-state index is -0.855. The van der Waals surface area contributed by atoms with Gasteiger partial charge in [0.05, 0.1) is 12.6 Å². The number of nitrogens with one attached hydrogen (secondary N) is 2. The quantitative estimate of drug-likeness (QED) is 0.293. The van der Waals surface area contributed by atoms with Crippen molar-refractivity contribution in [1.29, 1.82) is 5.26 Å². The van der Waals surface area contributed by atoms with E-state index in [0.717, 1.165) is 0 Å². The molecule has 0 bridgehead atoms. The van der Waals surface area contributed by atoms with Gasteiger partial charge in [-0.15, -0.1) is 6.42 Å². The van der Waals surface area contributed by atoms with Gasteiger partial charge in [-0.25, -0.2) is 0 Å². The van der Waals surface area contributed by atoms with Gasteiger partial charge in [-0.3, -0.25) is 9.59 Å². The molecule has 0 aliphatic carbocycles. The molecule has 62 valence electrons. The summed E-state index contributed by atoms with van der Waals surface area (Å²) in [6.45, 7) is -0.193. The third kappa shape index (κ3) is 3.91. The maximum atomic E-state index is 10.7. The first-order valence-electron chi connectivity index (χ1n) is 3.08. The highest BCUT2D eigenvalue weighted by Crippen LogP contribution is 1.66. The lowest BCUT2D eigenvalue weighted by molar-refractivity contribution is -0.138. The minimum absolute atomic E-state index is 0.00118. The second kappa shape index (κ2) is 5.75. The average Bonchev–Trinajstić information content (AvgIpc) is 2.10. The Kier molecular flexibility index (Phi) is 4.79. The Hall–Kier alpha value is -2.01. The smallest absolute Gasteiger partial charge is 0.310 e. The van der Waals surface area contributed by atoms with Crippen LogP contribution in [0.4, 0.5) is 0 Å². The first-order chi connectivity index (χ1) is 5.72. The molecule has 0 saturated carbocycles. The molecule has 0 aliphatic heterocycles. The highest BCUT2D eigenvalue weighted by atomic mass is 16.2. The summed E-state index contributed by atoms with van der Waals surface area (Å²) in [4.78, 5) is 21.3. The van der Waals surface area contributed by atoms with E-state index in [1.54, 1.807) is 6.07 Å². The first-order valence-corrected chi connectivity index (χ1v) is 3.08. The van der Waals surface area contributed by atoms with Crippen molar-refractivity contribution in [3.8, 4) is 18.4 Å². The van der Waals surface area contributed by atoms with E-state index in [4.69, 9.17) is 11.7 Å². The van der Waals surface area contributed by atoms with Crippen molar-refractivity contribution in [3.05, 3.63) is 0 Å². The summed E-state index contributed by atoms with van der Waals surface area (Å²) in [5.41, 5.74) is 0. The number of nitrogens with zero attached hydrogens (tertiary/aromatic N) is 1. The molecule has 2 N–H and O–H groups in total. The summed E-state index contributed by atoms with van der Waals surface area (Å²) in [5, 5.41) is 12.2. The third-order valence-electron chi connectivity index (χ3n) is 0.885. The number of carbonyl (C=O) groups excluding carboxylic acids is 2. The Labute approximate surface area is 69.7 Å². The number of hydrogen-bond donors (Lipinski definition) is 2. The number of hydrogen-bond acceptors (Lipinski definition) is 3. The standard InChI is InChI=1S/C7H7N3O2/c1-2-4-9-6(11)7(12)10-5-3-8/h1H,4-5H2,(H,9,11)(H,10,12). The summed E-state index contributed by atoms with van der Waals surface area (Å²) < 4.78 is 0. The Balaban J connectivity index is 3.73. The maximum absolute atomic E-state index is 10.7. The fourth-order valence-corrected chi connectivity index (χ4v) is 0.412. The Morgan fingerprint density at radius 1 is 1.25 bits per heavy atom. The van der Waals surface area contributed by atoms with Gasteiger partial charge < -0.3 is 10.6 Å². The van der Waals surface area contributed by atoms with Gasteiger partial charge in [0.15, 0.2) is 0 Å². The van der Waals surface area contributed by atoms with Gasteiger partial charge in [-0.2, -0.15) is 5.26 Å². The molecule has 0 atom stereocenters. The molecule has 0 spiro atoms. The monoisotopic (exact) mass is 165 g/mol. The molecule has 0 radical (unpaired) electrons. The fourth-order valence-electron chi connectivity index (χ4n) is 0.412. The lowest BCUT2D eigenvalue weighted by Crippen LogP contribution is -2.40. The van der Waals surface area contributed by atoms with E-state index in [1.165, 1.54) is 0 Å². The van der Waals surface area contributed by atoms with Crippen molar-refractivity contribution in [2.45, 2.75) is 0 Å². The van der Waals surface area contributed by atoms with E-state index in [2.05, 4.69) is 16.6 Å². The van der Waals surface area contributed by atoms with E-state index < -0.39 is 11.8 Å². The largest absolute Gasteiger partial charge is 0.337 e. The third-order valence-corrected chi connectivity index (χ3v) is 0.885. The zero-order valence-electron chi connectivity index (χ0n) is 6.26. The van der Waals surface area contributed by atoms with Crippen LogP contribution in [0.3, 0.4) is 0 Å². The van der Waals surface area contributed by atoms with Gasteiger partial charge in [-0.1, -0.05) is 5.92 Å². The molecular weight excluding hydrogens is 158 g/mol. The molecule has 0 saturated heterocycles. The lowest BCUT2D eigenvalue weighted by Gasteiger charge is -1.99. The van der Waals surface area contributed by atoms with E-state index in [1.807, 2.05) is 0 Å². The number of amides is 2. The fraction of sp³-hybridized carbons (Fsp3) is 0.286. The molecule has 0 aromatic rings. The van der Waals surface area contributed by atoms with Crippen LogP contribution in [-0.2, 0) is 9.59 Å². The van der Waals surface area contributed by atoms with Crippen LogP contribution in [0, 0.1) is 23.7 Å². The number of nitriles is 1. The Morgan fingerprint density at radius 3 is 2.17 bits per heavy atom. The first kappa shape index (κ1) is 9.99. The van der Waals surface area contributed by atoms with Gasteiger partial charge >= 0.3 is 11.8 Å². The number of rotatable bonds is 2. The predicted octanol–water partition coefficient (Wildman–Crippen LogP) is -1.62. The molecule has 0 aliphatic rings. The lowest BCUT2D eigenvalue weighted by atomic mass is 10.5. The van der Waals surface area contributed by atoms with Gasteiger partial charge in [0.1, 0.15) is 6.54 Å².